The molecule has 0 radical (unpaired) electrons. The largest absolute Gasteiger partial charge is 0.492 e. The zero-order valence-corrected chi connectivity index (χ0v) is 18.1. The van der Waals surface area contributed by atoms with Gasteiger partial charge in [-0.1, -0.05) is 12.1 Å². The minimum absolute atomic E-state index is 0.00872. The number of nitrogens with two attached hydrogens (primary N) is 1. The Morgan fingerprint density at radius 3 is 2.68 bits per heavy atom. The average Bonchev–Trinajstić information content (AvgIpc) is 3.39. The van der Waals surface area contributed by atoms with E-state index in [4.69, 9.17) is 5.14 Å². The molecule has 1 aliphatic rings. The van der Waals surface area contributed by atoms with Crippen LogP contribution < -0.4 is 10.5 Å². The second-order valence-corrected chi connectivity index (χ2v) is 9.13. The van der Waals surface area contributed by atoms with Gasteiger partial charge < -0.3 is 10.2 Å². The van der Waals surface area contributed by atoms with Crippen molar-refractivity contribution in [2.45, 2.75) is 30.0 Å². The van der Waals surface area contributed by atoms with Gasteiger partial charge in [-0.3, -0.25) is 9.89 Å². The van der Waals surface area contributed by atoms with Gasteiger partial charge in [0.1, 0.15) is 11.7 Å². The van der Waals surface area contributed by atoms with Gasteiger partial charge >= 0.3 is 12.1 Å². The number of anilines is 1. The van der Waals surface area contributed by atoms with Crippen molar-refractivity contribution in [3.8, 4) is 11.3 Å². The Hall–Kier alpha value is -3.49. The van der Waals surface area contributed by atoms with E-state index in [-0.39, 0.29) is 17.9 Å². The summed E-state index contributed by atoms with van der Waals surface area (Å²) in [4.78, 5) is 28.1. The number of nitrogens with one attached hydrogen (secondary N) is 2. The summed E-state index contributed by atoms with van der Waals surface area (Å²) in [6.45, 7) is -0.00872. The Morgan fingerprint density at radius 1 is 1.21 bits per heavy atom. The van der Waals surface area contributed by atoms with Gasteiger partial charge in [0.05, 0.1) is 10.4 Å². The molecule has 0 bridgehead atoms. The Bertz CT molecular complexity index is 1370. The SMILES string of the molecule is NS(=O)(=O)c1cccc(-c2n[nH]c3ccc(NC(=O)[C@@H]4CCCN4OC(=O)C(F)(F)F)cc23)c1. The number of aromatic amines is 1. The molecule has 0 spiro atoms. The predicted molar refractivity (Wildman–Crippen MR) is 113 cm³/mol. The van der Waals surface area contributed by atoms with Crippen LogP contribution in [-0.2, 0) is 24.4 Å². The van der Waals surface area contributed by atoms with Gasteiger partial charge in [-0.2, -0.15) is 18.3 Å². The Morgan fingerprint density at radius 2 is 1.97 bits per heavy atom. The molecule has 1 aromatic heterocycles. The first kappa shape index (κ1) is 23.7. The van der Waals surface area contributed by atoms with Crippen LogP contribution in [0.3, 0.4) is 0 Å². The van der Waals surface area contributed by atoms with Crippen molar-refractivity contribution in [3.63, 3.8) is 0 Å². The van der Waals surface area contributed by atoms with E-state index in [1.165, 1.54) is 18.2 Å². The molecule has 0 aliphatic carbocycles. The number of H-pyrrole nitrogens is 1. The highest BCUT2D eigenvalue weighted by atomic mass is 32.2. The fourth-order valence-electron chi connectivity index (χ4n) is 3.63. The molecule has 0 unspecified atom stereocenters. The summed E-state index contributed by atoms with van der Waals surface area (Å²) in [7, 11) is -3.93. The topological polar surface area (TPSA) is 147 Å². The maximum atomic E-state index is 12.7. The highest BCUT2D eigenvalue weighted by Gasteiger charge is 2.45. The molecule has 4 N–H and O–H groups in total. The molecule has 34 heavy (non-hydrogen) atoms. The van der Waals surface area contributed by atoms with Crippen molar-refractivity contribution in [1.29, 1.82) is 0 Å². The Labute approximate surface area is 190 Å². The molecule has 1 saturated heterocycles. The number of sulfonamides is 1. The number of hydroxylamine groups is 2. The number of halogens is 3. The summed E-state index contributed by atoms with van der Waals surface area (Å²) in [5.41, 5.74) is 1.77. The summed E-state index contributed by atoms with van der Waals surface area (Å²) in [5, 5.41) is 16.1. The van der Waals surface area contributed by atoms with Gasteiger partial charge in [0.2, 0.25) is 15.9 Å². The number of benzene rings is 2. The van der Waals surface area contributed by atoms with Gasteiger partial charge in [0.15, 0.2) is 0 Å². The monoisotopic (exact) mass is 497 g/mol. The third kappa shape index (κ3) is 4.88. The number of amides is 1. The Kier molecular flexibility index (Phi) is 6.05. The molecule has 3 aromatic rings. The first-order chi connectivity index (χ1) is 15.9. The highest BCUT2D eigenvalue weighted by molar-refractivity contribution is 7.89. The predicted octanol–water partition coefficient (Wildman–Crippen LogP) is 2.30. The third-order valence-electron chi connectivity index (χ3n) is 5.20. The van der Waals surface area contributed by atoms with E-state index in [1.54, 1.807) is 24.3 Å². The molecule has 1 fully saturated rings. The summed E-state index contributed by atoms with van der Waals surface area (Å²) in [6, 6.07) is 9.54. The van der Waals surface area contributed by atoms with Crippen LogP contribution in [0, 0.1) is 0 Å². The molecular weight excluding hydrogens is 479 g/mol. The van der Waals surface area contributed by atoms with Gasteiger partial charge in [0, 0.05) is 23.2 Å². The smallest absolute Gasteiger partial charge is 0.360 e. The van der Waals surface area contributed by atoms with E-state index >= 15 is 0 Å². The lowest BCUT2D eigenvalue weighted by Crippen LogP contribution is -2.43. The van der Waals surface area contributed by atoms with E-state index in [2.05, 4.69) is 20.4 Å². The first-order valence-corrected chi connectivity index (χ1v) is 11.5. The lowest BCUT2D eigenvalue weighted by molar-refractivity contribution is -0.240. The minimum atomic E-state index is -5.17. The maximum absolute atomic E-state index is 12.7. The quantitative estimate of drug-likeness (QED) is 0.490. The lowest BCUT2D eigenvalue weighted by Gasteiger charge is -2.22. The number of primary sulfonamides is 1. The average molecular weight is 497 g/mol. The summed E-state index contributed by atoms with van der Waals surface area (Å²) < 4.78 is 60.9. The molecule has 180 valence electrons. The summed E-state index contributed by atoms with van der Waals surface area (Å²) >= 11 is 0. The van der Waals surface area contributed by atoms with E-state index in [0.717, 1.165) is 5.06 Å². The van der Waals surface area contributed by atoms with Crippen molar-refractivity contribution < 1.29 is 36.0 Å². The van der Waals surface area contributed by atoms with Crippen molar-refractivity contribution in [2.75, 3.05) is 11.9 Å². The van der Waals surface area contributed by atoms with Crippen LogP contribution in [0.15, 0.2) is 47.4 Å². The van der Waals surface area contributed by atoms with Crippen LogP contribution in [0.4, 0.5) is 18.9 Å². The van der Waals surface area contributed by atoms with Gasteiger partial charge in [-0.25, -0.2) is 18.4 Å². The molecule has 1 aliphatic heterocycles. The van der Waals surface area contributed by atoms with Crippen LogP contribution in [0.2, 0.25) is 0 Å². The van der Waals surface area contributed by atoms with Gasteiger partial charge in [-0.15, -0.1) is 5.06 Å². The minimum Gasteiger partial charge on any atom is -0.360 e. The van der Waals surface area contributed by atoms with Crippen molar-refractivity contribution in [2.24, 2.45) is 5.14 Å². The van der Waals surface area contributed by atoms with Crippen molar-refractivity contribution >= 4 is 38.5 Å². The molecule has 2 aromatic carbocycles. The molecular formula is C20H18F3N5O5S. The highest BCUT2D eigenvalue weighted by Crippen LogP contribution is 2.30. The molecule has 1 atom stereocenters. The zero-order chi connectivity index (χ0) is 24.7. The molecule has 4 rings (SSSR count). The normalized spacial score (nSPS) is 17.1. The number of hydrogen-bond acceptors (Lipinski definition) is 7. The first-order valence-electron chi connectivity index (χ1n) is 9.91. The standard InChI is InChI=1S/C20H18F3N5O5S/c21-20(22,23)19(30)33-28-8-2-5-16(28)18(29)25-12-6-7-15-14(10-12)17(27-26-15)11-3-1-4-13(9-11)34(24,31)32/h1,3-4,6-7,9-10,16H,2,5,8H2,(H,25,29)(H,26,27)(H2,24,31,32)/t16-/m0/s1. The Balaban J connectivity index is 1.57. The van der Waals surface area contributed by atoms with Gasteiger partial charge in [-0.05, 0) is 43.2 Å². The van der Waals surface area contributed by atoms with E-state index < -0.39 is 34.1 Å². The van der Waals surface area contributed by atoms with Gasteiger partial charge in [0.25, 0.3) is 0 Å². The maximum Gasteiger partial charge on any atom is 0.492 e. The molecule has 2 heterocycles. The molecule has 0 saturated carbocycles. The summed E-state index contributed by atoms with van der Waals surface area (Å²) in [5.74, 6) is -3.04. The van der Waals surface area contributed by atoms with E-state index in [9.17, 15) is 31.2 Å². The molecule has 14 heteroatoms. The van der Waals surface area contributed by atoms with Crippen molar-refractivity contribution in [3.05, 3.63) is 42.5 Å². The molecule has 10 nitrogen and oxygen atoms in total. The van der Waals surface area contributed by atoms with Crippen LogP contribution >= 0.6 is 0 Å². The van der Waals surface area contributed by atoms with Crippen LogP contribution in [-0.4, -0.2) is 54.3 Å². The van der Waals surface area contributed by atoms with Crippen molar-refractivity contribution in [1.82, 2.24) is 15.3 Å². The van der Waals surface area contributed by atoms with E-state index in [0.29, 0.717) is 34.3 Å². The van der Waals surface area contributed by atoms with Crippen LogP contribution in [0.25, 0.3) is 22.2 Å². The fraction of sp³-hybridized carbons (Fsp3) is 0.250. The number of aromatic nitrogens is 2. The van der Waals surface area contributed by atoms with Crippen LogP contribution in [0.1, 0.15) is 12.8 Å². The number of hydrogen-bond donors (Lipinski definition) is 3. The van der Waals surface area contributed by atoms with Crippen LogP contribution in [0.5, 0.6) is 0 Å². The summed E-state index contributed by atoms with van der Waals surface area (Å²) in [6.07, 6.45) is -4.60. The number of rotatable bonds is 5. The van der Waals surface area contributed by atoms with E-state index in [1.807, 2.05) is 0 Å². The zero-order valence-electron chi connectivity index (χ0n) is 17.3. The second-order valence-electron chi connectivity index (χ2n) is 7.57. The number of carbonyl (C=O) groups is 2. The number of nitrogens with zero attached hydrogens (tertiary/aromatic N) is 2. The second kappa shape index (κ2) is 8.70. The fourth-order valence-corrected chi connectivity index (χ4v) is 4.19. The number of carbonyl (C=O) groups excluding carboxylic acids is 2. The number of fused-ring (bicyclic) bond motifs is 1. The number of alkyl halides is 3. The lowest BCUT2D eigenvalue weighted by atomic mass is 10.1. The molecule has 1 amide bonds. The third-order valence-corrected chi connectivity index (χ3v) is 6.12.